The van der Waals surface area contributed by atoms with Crippen molar-refractivity contribution in [2.45, 2.75) is 5.38 Å². The van der Waals surface area contributed by atoms with Gasteiger partial charge in [0.15, 0.2) is 0 Å². The number of halogens is 2. The monoisotopic (exact) mass is 293 g/mol. The van der Waals surface area contributed by atoms with E-state index in [1.807, 2.05) is 48.5 Å². The van der Waals surface area contributed by atoms with Gasteiger partial charge in [0.05, 0.1) is 15.2 Å². The van der Waals surface area contributed by atoms with Crippen LogP contribution >= 0.6 is 34.5 Å². The Morgan fingerprint density at radius 2 is 1.78 bits per heavy atom. The Kier molecular flexibility index (Phi) is 3.25. The van der Waals surface area contributed by atoms with Crippen molar-refractivity contribution in [2.75, 3.05) is 0 Å². The molecule has 90 valence electrons. The van der Waals surface area contributed by atoms with Crippen molar-refractivity contribution < 1.29 is 0 Å². The lowest BCUT2D eigenvalue weighted by Gasteiger charge is -2.05. The molecule has 1 aromatic heterocycles. The fraction of sp³-hybridized carbons (Fsp3) is 0.0714. The van der Waals surface area contributed by atoms with Gasteiger partial charge in [-0.1, -0.05) is 48.0 Å². The highest BCUT2D eigenvalue weighted by molar-refractivity contribution is 7.19. The second kappa shape index (κ2) is 4.88. The van der Waals surface area contributed by atoms with Crippen LogP contribution in [0.3, 0.4) is 0 Å². The van der Waals surface area contributed by atoms with E-state index in [0.29, 0.717) is 0 Å². The third-order valence-electron chi connectivity index (χ3n) is 2.69. The number of hydrogen-bond acceptors (Lipinski definition) is 2. The SMILES string of the molecule is Clc1cccc2nc(C(Cl)c3ccccc3)sc12. The van der Waals surface area contributed by atoms with Crippen molar-refractivity contribution in [1.29, 1.82) is 0 Å². The molecule has 3 aromatic rings. The fourth-order valence-electron chi connectivity index (χ4n) is 1.81. The van der Waals surface area contributed by atoms with Gasteiger partial charge in [-0.3, -0.25) is 0 Å². The molecule has 0 N–H and O–H groups in total. The minimum Gasteiger partial charge on any atom is -0.239 e. The zero-order chi connectivity index (χ0) is 12.5. The van der Waals surface area contributed by atoms with Gasteiger partial charge >= 0.3 is 0 Å². The quantitative estimate of drug-likeness (QED) is 0.586. The van der Waals surface area contributed by atoms with Gasteiger partial charge < -0.3 is 0 Å². The summed E-state index contributed by atoms with van der Waals surface area (Å²) >= 11 is 14.2. The van der Waals surface area contributed by atoms with E-state index in [2.05, 4.69) is 4.98 Å². The van der Waals surface area contributed by atoms with Crippen LogP contribution in [-0.2, 0) is 0 Å². The van der Waals surface area contributed by atoms with Gasteiger partial charge in [0.1, 0.15) is 10.4 Å². The van der Waals surface area contributed by atoms with E-state index in [0.717, 1.165) is 25.8 Å². The maximum Gasteiger partial charge on any atom is 0.116 e. The normalized spacial score (nSPS) is 12.8. The number of hydrogen-bond donors (Lipinski definition) is 0. The third-order valence-corrected chi connectivity index (χ3v) is 4.88. The molecule has 0 spiro atoms. The highest BCUT2D eigenvalue weighted by Crippen LogP contribution is 2.36. The summed E-state index contributed by atoms with van der Waals surface area (Å²) < 4.78 is 0.996. The zero-order valence-corrected chi connectivity index (χ0v) is 11.6. The predicted octanol–water partition coefficient (Wildman–Crippen LogP) is 5.28. The van der Waals surface area contributed by atoms with Gasteiger partial charge in [-0.05, 0) is 17.7 Å². The standard InChI is InChI=1S/C14H9Cl2NS/c15-10-7-4-8-11-13(10)18-14(17-11)12(16)9-5-2-1-3-6-9/h1-8,12H. The maximum atomic E-state index is 6.46. The first-order valence-electron chi connectivity index (χ1n) is 5.49. The lowest BCUT2D eigenvalue weighted by Crippen LogP contribution is -1.91. The van der Waals surface area contributed by atoms with Crippen LogP contribution in [-0.4, -0.2) is 4.98 Å². The van der Waals surface area contributed by atoms with Crippen LogP contribution < -0.4 is 0 Å². The van der Waals surface area contributed by atoms with Gasteiger partial charge in [-0.25, -0.2) is 4.98 Å². The van der Waals surface area contributed by atoms with E-state index in [1.54, 1.807) is 11.3 Å². The Hall–Kier alpha value is -1.09. The molecule has 3 rings (SSSR count). The summed E-state index contributed by atoms with van der Waals surface area (Å²) in [7, 11) is 0. The van der Waals surface area contributed by atoms with E-state index in [4.69, 9.17) is 23.2 Å². The number of rotatable bonds is 2. The minimum absolute atomic E-state index is 0.223. The molecular weight excluding hydrogens is 285 g/mol. The molecule has 0 saturated carbocycles. The van der Waals surface area contributed by atoms with Crippen molar-refractivity contribution in [2.24, 2.45) is 0 Å². The number of nitrogens with zero attached hydrogens (tertiary/aromatic N) is 1. The molecule has 4 heteroatoms. The Morgan fingerprint density at radius 3 is 2.50 bits per heavy atom. The average Bonchev–Trinajstić information content (AvgIpc) is 2.84. The van der Waals surface area contributed by atoms with E-state index < -0.39 is 0 Å². The minimum atomic E-state index is -0.223. The van der Waals surface area contributed by atoms with E-state index in [1.165, 1.54) is 0 Å². The molecule has 1 unspecified atom stereocenters. The second-order valence-corrected chi connectivity index (χ2v) is 5.79. The van der Waals surface area contributed by atoms with Crippen LogP contribution in [0.25, 0.3) is 10.2 Å². The Morgan fingerprint density at radius 1 is 1.00 bits per heavy atom. The summed E-state index contributed by atoms with van der Waals surface area (Å²) in [6.07, 6.45) is 0. The van der Waals surface area contributed by atoms with Gasteiger partial charge in [-0.2, -0.15) is 0 Å². The third kappa shape index (κ3) is 2.12. The molecule has 18 heavy (non-hydrogen) atoms. The first-order valence-corrected chi connectivity index (χ1v) is 7.13. The van der Waals surface area contributed by atoms with Gasteiger partial charge in [0.25, 0.3) is 0 Å². The zero-order valence-electron chi connectivity index (χ0n) is 9.31. The topological polar surface area (TPSA) is 12.9 Å². The average molecular weight is 294 g/mol. The molecule has 2 aromatic carbocycles. The molecule has 1 atom stereocenters. The highest BCUT2D eigenvalue weighted by atomic mass is 35.5. The molecule has 0 aliphatic rings. The van der Waals surface area contributed by atoms with Gasteiger partial charge in [-0.15, -0.1) is 22.9 Å². The van der Waals surface area contributed by atoms with Crippen LogP contribution in [0.5, 0.6) is 0 Å². The van der Waals surface area contributed by atoms with Crippen molar-refractivity contribution in [3.8, 4) is 0 Å². The molecular formula is C14H9Cl2NS. The van der Waals surface area contributed by atoms with Crippen molar-refractivity contribution in [1.82, 2.24) is 4.98 Å². The summed E-state index contributed by atoms with van der Waals surface area (Å²) in [5, 5.41) is 1.39. The summed E-state index contributed by atoms with van der Waals surface area (Å²) in [6.45, 7) is 0. The molecule has 0 amide bonds. The van der Waals surface area contributed by atoms with Crippen LogP contribution in [0.2, 0.25) is 5.02 Å². The molecule has 0 aliphatic carbocycles. The molecule has 0 fully saturated rings. The molecule has 0 saturated heterocycles. The number of fused-ring (bicyclic) bond motifs is 1. The summed E-state index contributed by atoms with van der Waals surface area (Å²) in [5.74, 6) is 0. The highest BCUT2D eigenvalue weighted by Gasteiger charge is 2.16. The number of thiazole rings is 1. The second-order valence-electron chi connectivity index (χ2n) is 3.91. The van der Waals surface area contributed by atoms with Gasteiger partial charge in [0, 0.05) is 0 Å². The summed E-state index contributed by atoms with van der Waals surface area (Å²) in [5.41, 5.74) is 1.96. The van der Waals surface area contributed by atoms with Crippen molar-refractivity contribution >= 4 is 44.8 Å². The van der Waals surface area contributed by atoms with E-state index in [-0.39, 0.29) is 5.38 Å². The molecule has 1 nitrogen and oxygen atoms in total. The molecule has 0 bridgehead atoms. The van der Waals surface area contributed by atoms with Gasteiger partial charge in [0.2, 0.25) is 0 Å². The number of alkyl halides is 1. The van der Waals surface area contributed by atoms with Crippen LogP contribution in [0.15, 0.2) is 48.5 Å². The largest absolute Gasteiger partial charge is 0.239 e. The van der Waals surface area contributed by atoms with Crippen LogP contribution in [0.4, 0.5) is 0 Å². The van der Waals surface area contributed by atoms with Crippen LogP contribution in [0, 0.1) is 0 Å². The first-order chi connectivity index (χ1) is 8.75. The summed E-state index contributed by atoms with van der Waals surface area (Å²) in [6, 6.07) is 15.7. The fourth-order valence-corrected chi connectivity index (χ4v) is 3.40. The van der Waals surface area contributed by atoms with Crippen LogP contribution in [0.1, 0.15) is 15.9 Å². The van der Waals surface area contributed by atoms with E-state index >= 15 is 0 Å². The number of benzene rings is 2. The first kappa shape index (κ1) is 12.0. The Balaban J connectivity index is 2.07. The summed E-state index contributed by atoms with van der Waals surface area (Å²) in [4.78, 5) is 4.55. The lowest BCUT2D eigenvalue weighted by atomic mass is 10.1. The Labute approximate surface area is 119 Å². The molecule has 0 aliphatic heterocycles. The smallest absolute Gasteiger partial charge is 0.116 e. The maximum absolute atomic E-state index is 6.46. The van der Waals surface area contributed by atoms with E-state index in [9.17, 15) is 0 Å². The molecule has 0 radical (unpaired) electrons. The molecule has 1 heterocycles. The Bertz CT molecular complexity index is 679. The van der Waals surface area contributed by atoms with Crippen molar-refractivity contribution in [3.05, 3.63) is 64.1 Å². The lowest BCUT2D eigenvalue weighted by molar-refractivity contribution is 1.11. The number of aromatic nitrogens is 1. The predicted molar refractivity (Wildman–Crippen MR) is 78.8 cm³/mol. The van der Waals surface area contributed by atoms with Crippen molar-refractivity contribution in [3.63, 3.8) is 0 Å².